The molecule has 0 atom stereocenters. The van der Waals surface area contributed by atoms with E-state index < -0.39 is 5.63 Å². The van der Waals surface area contributed by atoms with Crippen molar-refractivity contribution in [1.82, 2.24) is 0 Å². The number of rotatable bonds is 1. The predicted octanol–water partition coefficient (Wildman–Crippen LogP) is 3.46. The van der Waals surface area contributed by atoms with Gasteiger partial charge >= 0.3 is 5.63 Å². The van der Waals surface area contributed by atoms with Crippen molar-refractivity contribution < 1.29 is 9.52 Å². The number of hydrogen-bond acceptors (Lipinski definition) is 3. The Morgan fingerprint density at radius 3 is 2.78 bits per heavy atom. The van der Waals surface area contributed by atoms with Gasteiger partial charge in [0.2, 0.25) is 0 Å². The molecule has 1 heterocycles. The Labute approximate surface area is 104 Å². The van der Waals surface area contributed by atoms with Crippen LogP contribution in [0.4, 0.5) is 0 Å². The molecule has 18 heavy (non-hydrogen) atoms. The molecule has 1 aliphatic rings. The summed E-state index contributed by atoms with van der Waals surface area (Å²) < 4.78 is 5.27. The fourth-order valence-corrected chi connectivity index (χ4v) is 2.48. The van der Waals surface area contributed by atoms with Gasteiger partial charge < -0.3 is 9.52 Å². The summed E-state index contributed by atoms with van der Waals surface area (Å²) in [5.41, 5.74) is 1.24. The maximum absolute atomic E-state index is 12.0. The van der Waals surface area contributed by atoms with Gasteiger partial charge in [-0.1, -0.05) is 18.2 Å². The third-order valence-corrected chi connectivity index (χ3v) is 3.40. The van der Waals surface area contributed by atoms with Crippen molar-refractivity contribution in [3.63, 3.8) is 0 Å². The maximum atomic E-state index is 12.0. The second kappa shape index (κ2) is 4.33. The van der Waals surface area contributed by atoms with Crippen molar-refractivity contribution in [2.24, 2.45) is 0 Å². The van der Waals surface area contributed by atoms with Gasteiger partial charge in [0.25, 0.3) is 0 Å². The maximum Gasteiger partial charge on any atom is 0.347 e. The van der Waals surface area contributed by atoms with E-state index in [0.717, 1.165) is 31.3 Å². The summed E-state index contributed by atoms with van der Waals surface area (Å²) in [5, 5.41) is 10.9. The molecule has 0 unspecified atom stereocenters. The molecule has 3 nitrogen and oxygen atoms in total. The van der Waals surface area contributed by atoms with Crippen LogP contribution < -0.4 is 5.63 Å². The molecular weight excluding hydrogens is 228 g/mol. The number of allylic oxidation sites excluding steroid dienone is 2. The van der Waals surface area contributed by atoms with Crippen LogP contribution in [-0.2, 0) is 0 Å². The van der Waals surface area contributed by atoms with Crippen molar-refractivity contribution >= 4 is 16.5 Å². The Morgan fingerprint density at radius 1 is 1.17 bits per heavy atom. The number of aromatic hydroxyl groups is 1. The Morgan fingerprint density at radius 2 is 2.00 bits per heavy atom. The summed E-state index contributed by atoms with van der Waals surface area (Å²) in [7, 11) is 0. The summed E-state index contributed by atoms with van der Waals surface area (Å²) in [5.74, 6) is 0.0509. The zero-order chi connectivity index (χ0) is 12.5. The zero-order valence-electron chi connectivity index (χ0n) is 9.98. The van der Waals surface area contributed by atoms with E-state index in [0.29, 0.717) is 16.5 Å². The first-order chi connectivity index (χ1) is 8.77. The highest BCUT2D eigenvalue weighted by molar-refractivity contribution is 5.88. The average molecular weight is 242 g/mol. The van der Waals surface area contributed by atoms with Crippen LogP contribution in [-0.4, -0.2) is 5.11 Å². The summed E-state index contributed by atoms with van der Waals surface area (Å²) in [6, 6.07) is 7.06. The van der Waals surface area contributed by atoms with Gasteiger partial charge in [-0.3, -0.25) is 0 Å². The first-order valence-electron chi connectivity index (χ1n) is 6.21. The van der Waals surface area contributed by atoms with Crippen molar-refractivity contribution in [1.29, 1.82) is 0 Å². The Hall–Kier alpha value is -2.03. The molecule has 0 fully saturated rings. The van der Waals surface area contributed by atoms with Gasteiger partial charge in [0.15, 0.2) is 0 Å². The monoisotopic (exact) mass is 242 g/mol. The van der Waals surface area contributed by atoms with Gasteiger partial charge in [0.1, 0.15) is 16.9 Å². The van der Waals surface area contributed by atoms with E-state index in [-0.39, 0.29) is 5.75 Å². The molecule has 2 aromatic rings. The van der Waals surface area contributed by atoms with Gasteiger partial charge in [0.05, 0.1) is 5.39 Å². The lowest BCUT2D eigenvalue weighted by molar-refractivity contribution is 0.464. The molecule has 1 aromatic carbocycles. The molecule has 1 aromatic heterocycles. The van der Waals surface area contributed by atoms with E-state index in [1.807, 2.05) is 12.1 Å². The molecule has 0 saturated heterocycles. The first-order valence-corrected chi connectivity index (χ1v) is 6.21. The Balaban J connectivity index is 2.29. The molecule has 1 aliphatic carbocycles. The molecule has 0 spiro atoms. The van der Waals surface area contributed by atoms with Gasteiger partial charge in [-0.2, -0.15) is 0 Å². The van der Waals surface area contributed by atoms with E-state index in [2.05, 4.69) is 0 Å². The number of fused-ring (bicyclic) bond motifs is 1. The third kappa shape index (κ3) is 1.72. The minimum Gasteiger partial charge on any atom is -0.506 e. The lowest BCUT2D eigenvalue weighted by Gasteiger charge is -2.13. The minimum absolute atomic E-state index is 0.0509. The molecule has 3 rings (SSSR count). The van der Waals surface area contributed by atoms with Crippen LogP contribution in [0.15, 0.2) is 39.6 Å². The summed E-state index contributed by atoms with van der Waals surface area (Å²) in [6.45, 7) is 0. The summed E-state index contributed by atoms with van der Waals surface area (Å²) >= 11 is 0. The second-order valence-corrected chi connectivity index (χ2v) is 4.58. The van der Waals surface area contributed by atoms with Gasteiger partial charge in [-0.15, -0.1) is 0 Å². The van der Waals surface area contributed by atoms with Crippen molar-refractivity contribution in [2.75, 3.05) is 0 Å². The van der Waals surface area contributed by atoms with Crippen molar-refractivity contribution in [3.05, 3.63) is 46.3 Å². The highest BCUT2D eigenvalue weighted by Crippen LogP contribution is 2.34. The molecule has 3 heteroatoms. The molecule has 0 saturated carbocycles. The number of hydrogen-bond donors (Lipinski definition) is 1. The third-order valence-electron chi connectivity index (χ3n) is 3.40. The highest BCUT2D eigenvalue weighted by atomic mass is 16.4. The Bertz CT molecular complexity index is 680. The van der Waals surface area contributed by atoms with E-state index >= 15 is 0 Å². The van der Waals surface area contributed by atoms with Crippen LogP contribution in [0.25, 0.3) is 16.5 Å². The molecule has 0 aliphatic heterocycles. The molecule has 1 N–H and O–H groups in total. The highest BCUT2D eigenvalue weighted by Gasteiger charge is 2.18. The molecule has 0 bridgehead atoms. The van der Waals surface area contributed by atoms with E-state index in [4.69, 9.17) is 4.42 Å². The minimum atomic E-state index is -0.445. The molecule has 92 valence electrons. The Kier molecular flexibility index (Phi) is 2.67. The normalized spacial score (nSPS) is 15.7. The first kappa shape index (κ1) is 11.1. The lowest BCUT2D eigenvalue weighted by Crippen LogP contribution is -2.08. The topological polar surface area (TPSA) is 50.4 Å². The number of para-hydroxylation sites is 1. The summed E-state index contributed by atoms with van der Waals surface area (Å²) in [4.78, 5) is 12.0. The predicted molar refractivity (Wildman–Crippen MR) is 70.6 cm³/mol. The van der Waals surface area contributed by atoms with Crippen LogP contribution in [0.1, 0.15) is 31.2 Å². The fourth-order valence-electron chi connectivity index (χ4n) is 2.48. The fraction of sp³-hybridized carbons (Fsp3) is 0.267. The SMILES string of the molecule is O=c1oc2ccccc2c(O)c1C1=CCCCC1. The average Bonchev–Trinajstić information content (AvgIpc) is 2.40. The van der Waals surface area contributed by atoms with Crippen LogP contribution in [0.5, 0.6) is 5.75 Å². The smallest absolute Gasteiger partial charge is 0.347 e. The van der Waals surface area contributed by atoms with E-state index in [1.54, 1.807) is 18.2 Å². The van der Waals surface area contributed by atoms with Gasteiger partial charge in [-0.25, -0.2) is 4.79 Å². The summed E-state index contributed by atoms with van der Waals surface area (Å²) in [6.07, 6.45) is 6.02. The van der Waals surface area contributed by atoms with E-state index in [1.165, 1.54) is 0 Å². The van der Waals surface area contributed by atoms with Crippen LogP contribution in [0.2, 0.25) is 0 Å². The van der Waals surface area contributed by atoms with Crippen molar-refractivity contribution in [2.45, 2.75) is 25.7 Å². The molecule has 0 radical (unpaired) electrons. The lowest BCUT2D eigenvalue weighted by atomic mass is 9.93. The standard InChI is InChI=1S/C15H14O3/c16-14-11-8-4-5-9-12(11)18-15(17)13(14)10-6-2-1-3-7-10/h4-6,8-9,16H,1-3,7H2. The molecular formula is C15H14O3. The van der Waals surface area contributed by atoms with Crippen molar-refractivity contribution in [3.8, 4) is 5.75 Å². The van der Waals surface area contributed by atoms with Crippen LogP contribution in [0.3, 0.4) is 0 Å². The quantitative estimate of drug-likeness (QED) is 0.779. The second-order valence-electron chi connectivity index (χ2n) is 4.58. The van der Waals surface area contributed by atoms with Gasteiger partial charge in [0, 0.05) is 0 Å². The largest absolute Gasteiger partial charge is 0.506 e. The zero-order valence-corrected chi connectivity index (χ0v) is 9.98. The van der Waals surface area contributed by atoms with Crippen LogP contribution in [0, 0.1) is 0 Å². The van der Waals surface area contributed by atoms with Gasteiger partial charge in [-0.05, 0) is 43.4 Å². The molecule has 0 amide bonds. The number of benzene rings is 1. The van der Waals surface area contributed by atoms with Crippen LogP contribution >= 0.6 is 0 Å². The van der Waals surface area contributed by atoms with E-state index in [9.17, 15) is 9.90 Å².